The minimum Gasteiger partial charge on any atom is -0.497 e. The topological polar surface area (TPSA) is 70.7 Å². The Morgan fingerprint density at radius 2 is 2.17 bits per heavy atom. The smallest absolute Gasteiger partial charge is 0.261 e. The first kappa shape index (κ1) is 19.1. The van der Waals surface area contributed by atoms with E-state index in [1.165, 1.54) is 0 Å². The van der Waals surface area contributed by atoms with Crippen molar-refractivity contribution in [3.8, 4) is 30.1 Å². The number of nitrogens with zero attached hydrogens (tertiary/aromatic N) is 1. The SMILES string of the molecule is C#CC(NC)C(=O)NC#CC.COc1ccc2c(c1)C(=O)N(C)C2. The van der Waals surface area contributed by atoms with E-state index in [4.69, 9.17) is 11.2 Å². The number of amides is 2. The molecular weight excluding hydrogens is 306 g/mol. The lowest BCUT2D eigenvalue weighted by molar-refractivity contribution is -0.120. The first-order chi connectivity index (χ1) is 11.5. The first-order valence-electron chi connectivity index (χ1n) is 7.25. The van der Waals surface area contributed by atoms with Crippen molar-refractivity contribution in [3.05, 3.63) is 29.3 Å². The van der Waals surface area contributed by atoms with Crippen LogP contribution in [0.5, 0.6) is 5.75 Å². The maximum atomic E-state index is 11.5. The standard InChI is InChI=1S/C10H11NO2.C8H10N2O/c1-11-6-7-3-4-8(13-2)5-9(7)10(11)12;1-4-6-10-8(11)7(5-2)9-3/h3-5H,6H2,1-2H3;2,7,9H,1,3H3,(H,10,11). The molecule has 24 heavy (non-hydrogen) atoms. The summed E-state index contributed by atoms with van der Waals surface area (Å²) in [6.07, 6.45) is 5.03. The van der Waals surface area contributed by atoms with Crippen LogP contribution >= 0.6 is 0 Å². The highest BCUT2D eigenvalue weighted by molar-refractivity contribution is 5.98. The van der Waals surface area contributed by atoms with Crippen molar-refractivity contribution in [2.75, 3.05) is 21.2 Å². The maximum absolute atomic E-state index is 11.5. The number of terminal acetylenes is 1. The number of hydrogen-bond acceptors (Lipinski definition) is 4. The molecule has 6 heteroatoms. The third-order valence-corrected chi connectivity index (χ3v) is 3.33. The molecule has 1 atom stereocenters. The Morgan fingerprint density at radius 3 is 2.71 bits per heavy atom. The molecule has 0 saturated carbocycles. The number of carbonyl (C=O) groups is 2. The molecule has 126 valence electrons. The lowest BCUT2D eigenvalue weighted by Gasteiger charge is -2.04. The third-order valence-electron chi connectivity index (χ3n) is 3.33. The van der Waals surface area contributed by atoms with Crippen molar-refractivity contribution in [3.63, 3.8) is 0 Å². The fraction of sp³-hybridized carbons (Fsp3) is 0.333. The van der Waals surface area contributed by atoms with Crippen LogP contribution in [0.1, 0.15) is 22.8 Å². The summed E-state index contributed by atoms with van der Waals surface area (Å²) < 4.78 is 5.05. The van der Waals surface area contributed by atoms with Crippen molar-refractivity contribution in [2.45, 2.75) is 19.5 Å². The molecule has 0 bridgehead atoms. The van der Waals surface area contributed by atoms with Crippen LogP contribution in [0.4, 0.5) is 0 Å². The average molecular weight is 327 g/mol. The molecule has 1 heterocycles. The Morgan fingerprint density at radius 1 is 1.46 bits per heavy atom. The summed E-state index contributed by atoms with van der Waals surface area (Å²) in [5.74, 6) is 5.31. The number of carbonyl (C=O) groups excluding carboxylic acids is 2. The van der Waals surface area contributed by atoms with E-state index in [0.29, 0.717) is 6.54 Å². The molecule has 2 N–H and O–H groups in total. The molecule has 1 aliphatic heterocycles. The number of rotatable bonds is 3. The van der Waals surface area contributed by atoms with Gasteiger partial charge in [-0.3, -0.25) is 20.2 Å². The summed E-state index contributed by atoms with van der Waals surface area (Å²) in [6, 6.07) is 7.42. The van der Waals surface area contributed by atoms with Crippen molar-refractivity contribution in [1.29, 1.82) is 0 Å². The van der Waals surface area contributed by atoms with Crippen LogP contribution in [-0.4, -0.2) is 44.0 Å². The summed E-state index contributed by atoms with van der Waals surface area (Å²) in [5.41, 5.74) is 1.84. The molecule has 1 unspecified atom stereocenters. The van der Waals surface area contributed by atoms with Crippen LogP contribution < -0.4 is 15.4 Å². The summed E-state index contributed by atoms with van der Waals surface area (Å²) in [4.78, 5) is 24.2. The Labute approximate surface area is 142 Å². The third kappa shape index (κ3) is 4.77. The van der Waals surface area contributed by atoms with E-state index in [1.807, 2.05) is 12.1 Å². The average Bonchev–Trinajstić information content (AvgIpc) is 2.88. The molecule has 0 aliphatic carbocycles. The van der Waals surface area contributed by atoms with Crippen molar-refractivity contribution in [2.24, 2.45) is 0 Å². The minimum absolute atomic E-state index is 0.0777. The van der Waals surface area contributed by atoms with E-state index in [1.54, 1.807) is 39.1 Å². The van der Waals surface area contributed by atoms with E-state index in [2.05, 4.69) is 28.5 Å². The van der Waals surface area contributed by atoms with E-state index in [-0.39, 0.29) is 11.8 Å². The lowest BCUT2D eigenvalue weighted by Crippen LogP contribution is -2.39. The molecule has 0 aromatic heterocycles. The molecule has 1 aromatic carbocycles. The molecule has 0 radical (unpaired) electrons. The van der Waals surface area contributed by atoms with Crippen LogP contribution in [0.3, 0.4) is 0 Å². The highest BCUT2D eigenvalue weighted by Crippen LogP contribution is 2.25. The predicted molar refractivity (Wildman–Crippen MR) is 92.1 cm³/mol. The summed E-state index contributed by atoms with van der Waals surface area (Å²) in [6.45, 7) is 2.34. The number of nitrogens with one attached hydrogen (secondary N) is 2. The molecule has 1 aliphatic rings. The molecule has 0 saturated heterocycles. The van der Waals surface area contributed by atoms with Gasteiger partial charge in [0.1, 0.15) is 11.8 Å². The van der Waals surface area contributed by atoms with Crippen molar-refractivity contribution >= 4 is 11.8 Å². The summed E-state index contributed by atoms with van der Waals surface area (Å²) in [5, 5.41) is 4.97. The molecular formula is C18H21N3O3. The van der Waals surface area contributed by atoms with E-state index in [9.17, 15) is 9.59 Å². The number of fused-ring (bicyclic) bond motifs is 1. The zero-order valence-corrected chi connectivity index (χ0v) is 14.3. The second-order valence-electron chi connectivity index (χ2n) is 4.94. The molecule has 2 amide bonds. The molecule has 0 fully saturated rings. The number of benzene rings is 1. The first-order valence-corrected chi connectivity index (χ1v) is 7.25. The van der Waals surface area contributed by atoms with Gasteiger partial charge >= 0.3 is 0 Å². The largest absolute Gasteiger partial charge is 0.497 e. The van der Waals surface area contributed by atoms with Gasteiger partial charge in [-0.15, -0.1) is 6.42 Å². The van der Waals surface area contributed by atoms with Gasteiger partial charge in [0.05, 0.1) is 7.11 Å². The fourth-order valence-corrected chi connectivity index (χ4v) is 2.04. The van der Waals surface area contributed by atoms with Gasteiger partial charge in [0.2, 0.25) is 0 Å². The van der Waals surface area contributed by atoms with Gasteiger partial charge in [-0.2, -0.15) is 0 Å². The van der Waals surface area contributed by atoms with Crippen LogP contribution in [0.2, 0.25) is 0 Å². The van der Waals surface area contributed by atoms with E-state index < -0.39 is 6.04 Å². The Kier molecular flexibility index (Phi) is 7.35. The molecule has 2 rings (SSSR count). The van der Waals surface area contributed by atoms with Gasteiger partial charge in [0.15, 0.2) is 0 Å². The van der Waals surface area contributed by atoms with Gasteiger partial charge in [-0.25, -0.2) is 0 Å². The second kappa shape index (κ2) is 9.24. The second-order valence-corrected chi connectivity index (χ2v) is 4.94. The quantitative estimate of drug-likeness (QED) is 0.630. The van der Waals surface area contributed by atoms with Gasteiger partial charge < -0.3 is 9.64 Å². The van der Waals surface area contributed by atoms with Gasteiger partial charge in [0.25, 0.3) is 11.8 Å². The zero-order valence-electron chi connectivity index (χ0n) is 14.3. The Hall–Kier alpha value is -2.96. The Bertz CT molecular complexity index is 710. The van der Waals surface area contributed by atoms with Crippen LogP contribution in [-0.2, 0) is 11.3 Å². The minimum atomic E-state index is -0.601. The highest BCUT2D eigenvalue weighted by atomic mass is 16.5. The summed E-state index contributed by atoms with van der Waals surface area (Å²) in [7, 11) is 5.02. The van der Waals surface area contributed by atoms with Gasteiger partial charge in [0, 0.05) is 25.2 Å². The number of hydrogen-bond donors (Lipinski definition) is 2. The van der Waals surface area contributed by atoms with Crippen LogP contribution in [0.25, 0.3) is 0 Å². The highest BCUT2D eigenvalue weighted by Gasteiger charge is 2.24. The summed E-state index contributed by atoms with van der Waals surface area (Å²) >= 11 is 0. The number of methoxy groups -OCH3 is 1. The van der Waals surface area contributed by atoms with Crippen LogP contribution in [0.15, 0.2) is 18.2 Å². The van der Waals surface area contributed by atoms with Crippen molar-refractivity contribution in [1.82, 2.24) is 15.5 Å². The molecule has 0 spiro atoms. The van der Waals surface area contributed by atoms with E-state index in [0.717, 1.165) is 16.9 Å². The fourth-order valence-electron chi connectivity index (χ4n) is 2.04. The molecule has 1 aromatic rings. The van der Waals surface area contributed by atoms with Gasteiger partial charge in [-0.05, 0) is 31.7 Å². The van der Waals surface area contributed by atoms with Crippen molar-refractivity contribution < 1.29 is 14.3 Å². The molecule has 6 nitrogen and oxygen atoms in total. The zero-order chi connectivity index (χ0) is 18.1. The number of likely N-dealkylation sites (N-methyl/N-ethyl adjacent to an activating group) is 1. The lowest BCUT2D eigenvalue weighted by atomic mass is 10.1. The van der Waals surface area contributed by atoms with E-state index >= 15 is 0 Å². The Balaban J connectivity index is 0.000000245. The van der Waals surface area contributed by atoms with Gasteiger partial charge in [-0.1, -0.05) is 17.9 Å². The predicted octanol–water partition coefficient (Wildman–Crippen LogP) is 0.585. The normalized spacial score (nSPS) is 12.6. The monoisotopic (exact) mass is 327 g/mol. The number of ether oxygens (including phenoxy) is 1. The van der Waals surface area contributed by atoms with Crippen LogP contribution in [0, 0.1) is 24.3 Å². The maximum Gasteiger partial charge on any atom is 0.261 e.